The zero-order valence-corrected chi connectivity index (χ0v) is 23.2. The minimum Gasteiger partial charge on any atom is -0.496 e. The zero-order valence-electron chi connectivity index (χ0n) is 21.6. The molecule has 0 radical (unpaired) electrons. The number of anilines is 6. The number of aromatic nitrogens is 2. The smallest absolute Gasteiger partial charge is 0.247 e. The fraction of sp³-hybridized carbons (Fsp3) is 0.269. The van der Waals surface area contributed by atoms with Crippen LogP contribution in [0.3, 0.4) is 0 Å². The second kappa shape index (κ2) is 12.9. The Morgan fingerprint density at radius 2 is 1.68 bits per heavy atom. The van der Waals surface area contributed by atoms with E-state index in [1.165, 1.54) is 12.4 Å². The van der Waals surface area contributed by atoms with E-state index in [-0.39, 0.29) is 5.91 Å². The highest BCUT2D eigenvalue weighted by Gasteiger charge is 2.16. The number of ether oxygens (including phenoxy) is 2. The van der Waals surface area contributed by atoms with E-state index in [9.17, 15) is 4.79 Å². The molecule has 3 N–H and O–H groups in total. The van der Waals surface area contributed by atoms with Crippen molar-refractivity contribution in [3.8, 4) is 11.5 Å². The van der Waals surface area contributed by atoms with Crippen molar-refractivity contribution in [2.24, 2.45) is 0 Å². The molecule has 1 amide bonds. The fourth-order valence-corrected chi connectivity index (χ4v) is 3.97. The van der Waals surface area contributed by atoms with Gasteiger partial charge in [-0.15, -0.1) is 0 Å². The first kappa shape index (κ1) is 27.8. The summed E-state index contributed by atoms with van der Waals surface area (Å²) in [6.45, 7) is 5.16. The molecule has 0 aliphatic rings. The molecule has 0 unspecified atom stereocenters. The summed E-state index contributed by atoms with van der Waals surface area (Å²) in [6.07, 6.45) is 2.69. The first-order valence-corrected chi connectivity index (χ1v) is 12.2. The average Bonchev–Trinajstić information content (AvgIpc) is 2.87. The van der Waals surface area contributed by atoms with Crippen LogP contribution in [0.4, 0.5) is 34.4 Å². The summed E-state index contributed by atoms with van der Waals surface area (Å²) in [5.74, 6) is 2.15. The topological polar surface area (TPSA) is 104 Å². The van der Waals surface area contributed by atoms with Crippen LogP contribution in [-0.4, -0.2) is 69.2 Å². The van der Waals surface area contributed by atoms with Crippen molar-refractivity contribution >= 4 is 56.2 Å². The highest BCUT2D eigenvalue weighted by molar-refractivity contribution is 9.10. The Morgan fingerprint density at radius 1 is 0.973 bits per heavy atom. The van der Waals surface area contributed by atoms with Crippen molar-refractivity contribution in [2.45, 2.75) is 0 Å². The van der Waals surface area contributed by atoms with Gasteiger partial charge in [0, 0.05) is 38.0 Å². The summed E-state index contributed by atoms with van der Waals surface area (Å²) < 4.78 is 11.8. The Morgan fingerprint density at radius 3 is 2.30 bits per heavy atom. The maximum absolute atomic E-state index is 12.2. The Hall–Kier alpha value is -3.83. The molecule has 10 nitrogen and oxygen atoms in total. The molecule has 0 fully saturated rings. The molecule has 11 heteroatoms. The molecule has 196 valence electrons. The number of nitrogens with zero attached hydrogens (tertiary/aromatic N) is 4. The van der Waals surface area contributed by atoms with Gasteiger partial charge in [-0.05, 0) is 60.4 Å². The fourth-order valence-electron chi connectivity index (χ4n) is 3.43. The lowest BCUT2D eigenvalue weighted by Gasteiger charge is -2.26. The third kappa shape index (κ3) is 7.58. The van der Waals surface area contributed by atoms with Crippen LogP contribution >= 0.6 is 15.9 Å². The highest BCUT2D eigenvalue weighted by atomic mass is 79.9. The molecule has 0 saturated carbocycles. The van der Waals surface area contributed by atoms with Crippen LogP contribution < -0.4 is 30.3 Å². The van der Waals surface area contributed by atoms with Crippen LogP contribution in [0.1, 0.15) is 0 Å². The zero-order chi connectivity index (χ0) is 26.9. The summed E-state index contributed by atoms with van der Waals surface area (Å²) in [7, 11) is 9.21. The van der Waals surface area contributed by atoms with E-state index in [4.69, 9.17) is 9.47 Å². The molecule has 1 heterocycles. The molecule has 0 aliphatic carbocycles. The van der Waals surface area contributed by atoms with Gasteiger partial charge in [0.1, 0.15) is 29.5 Å². The number of hydrogen-bond acceptors (Lipinski definition) is 9. The van der Waals surface area contributed by atoms with Gasteiger partial charge in [0.2, 0.25) is 5.91 Å². The van der Waals surface area contributed by atoms with Gasteiger partial charge in [-0.1, -0.05) is 6.58 Å². The third-order valence-corrected chi connectivity index (χ3v) is 6.03. The highest BCUT2D eigenvalue weighted by Crippen LogP contribution is 2.38. The number of amides is 1. The first-order valence-electron chi connectivity index (χ1n) is 11.4. The Labute approximate surface area is 225 Å². The van der Waals surface area contributed by atoms with Gasteiger partial charge in [0.05, 0.1) is 35.8 Å². The van der Waals surface area contributed by atoms with Gasteiger partial charge in [0.15, 0.2) is 0 Å². The summed E-state index contributed by atoms with van der Waals surface area (Å²) in [6, 6.07) is 11.1. The van der Waals surface area contributed by atoms with Gasteiger partial charge in [-0.25, -0.2) is 9.97 Å². The molecule has 2 aromatic carbocycles. The largest absolute Gasteiger partial charge is 0.496 e. The van der Waals surface area contributed by atoms with Crippen LogP contribution in [0.25, 0.3) is 0 Å². The summed E-state index contributed by atoms with van der Waals surface area (Å²) in [5.41, 5.74) is 2.89. The van der Waals surface area contributed by atoms with E-state index < -0.39 is 0 Å². The second-order valence-corrected chi connectivity index (χ2v) is 9.23. The number of halogens is 1. The Bertz CT molecular complexity index is 1250. The number of rotatable bonds is 12. The van der Waals surface area contributed by atoms with Gasteiger partial charge in [-0.3, -0.25) is 4.79 Å². The number of nitrogens with one attached hydrogen (secondary N) is 3. The molecule has 37 heavy (non-hydrogen) atoms. The predicted molar refractivity (Wildman–Crippen MR) is 153 cm³/mol. The van der Waals surface area contributed by atoms with Gasteiger partial charge >= 0.3 is 0 Å². The molecular formula is C26H32BrN7O3. The average molecular weight is 570 g/mol. The van der Waals surface area contributed by atoms with Gasteiger partial charge < -0.3 is 35.2 Å². The first-order chi connectivity index (χ1) is 17.7. The SMILES string of the molecule is C=CC(=O)Nc1cc(Nc2cc(Nc3ccc(OC)c(Br)c3)ncn2)c(OC)cc1N(C)CCN(C)C. The summed E-state index contributed by atoms with van der Waals surface area (Å²) in [4.78, 5) is 25.0. The van der Waals surface area contributed by atoms with Crippen molar-refractivity contribution in [1.29, 1.82) is 0 Å². The lowest BCUT2D eigenvalue weighted by Crippen LogP contribution is -2.29. The minimum absolute atomic E-state index is 0.308. The van der Waals surface area contributed by atoms with Crippen LogP contribution in [0.5, 0.6) is 11.5 Å². The Balaban J connectivity index is 1.90. The normalized spacial score (nSPS) is 10.6. The molecule has 3 aromatic rings. The van der Waals surface area contributed by atoms with Gasteiger partial charge in [0.25, 0.3) is 0 Å². The molecule has 0 aliphatic heterocycles. The molecule has 0 spiro atoms. The predicted octanol–water partition coefficient (Wildman–Crippen LogP) is 4.87. The molecule has 1 aromatic heterocycles. The van der Waals surface area contributed by atoms with E-state index in [1.807, 2.05) is 51.5 Å². The molecule has 3 rings (SSSR count). The summed E-state index contributed by atoms with van der Waals surface area (Å²) in [5, 5.41) is 9.43. The van der Waals surface area contributed by atoms with E-state index in [0.717, 1.165) is 34.7 Å². The summed E-state index contributed by atoms with van der Waals surface area (Å²) >= 11 is 3.49. The molecule has 0 saturated heterocycles. The monoisotopic (exact) mass is 569 g/mol. The van der Waals surface area contributed by atoms with Gasteiger partial charge in [-0.2, -0.15) is 0 Å². The molecular weight excluding hydrogens is 538 g/mol. The number of carbonyl (C=O) groups is 1. The van der Waals surface area contributed by atoms with Crippen molar-refractivity contribution < 1.29 is 14.3 Å². The van der Waals surface area contributed by atoms with Crippen LogP contribution in [-0.2, 0) is 4.79 Å². The number of methoxy groups -OCH3 is 2. The molecule has 0 bridgehead atoms. The quantitative estimate of drug-likeness (QED) is 0.263. The second-order valence-electron chi connectivity index (χ2n) is 8.38. The Kier molecular flexibility index (Phi) is 9.70. The van der Waals surface area contributed by atoms with Crippen molar-refractivity contribution in [2.75, 3.05) is 69.3 Å². The number of hydrogen-bond donors (Lipinski definition) is 3. The van der Waals surface area contributed by atoms with E-state index in [2.05, 4.69) is 58.2 Å². The van der Waals surface area contributed by atoms with Crippen molar-refractivity contribution in [3.05, 3.63) is 59.9 Å². The number of likely N-dealkylation sites (N-methyl/N-ethyl adjacent to an activating group) is 2. The van der Waals surface area contributed by atoms with Crippen LogP contribution in [0, 0.1) is 0 Å². The number of benzene rings is 2. The third-order valence-electron chi connectivity index (χ3n) is 5.41. The number of carbonyl (C=O) groups excluding carboxylic acids is 1. The lowest BCUT2D eigenvalue weighted by atomic mass is 10.2. The van der Waals surface area contributed by atoms with Crippen molar-refractivity contribution in [3.63, 3.8) is 0 Å². The minimum atomic E-state index is -0.308. The van der Waals surface area contributed by atoms with Crippen molar-refractivity contribution in [1.82, 2.24) is 14.9 Å². The van der Waals surface area contributed by atoms with E-state index in [0.29, 0.717) is 28.8 Å². The van der Waals surface area contributed by atoms with Crippen LogP contribution in [0.15, 0.2) is 59.9 Å². The molecule has 0 atom stereocenters. The van der Waals surface area contributed by atoms with Crippen LogP contribution in [0.2, 0.25) is 0 Å². The standard InChI is InChI=1S/C26H32BrN7O3/c1-7-26(35)32-19-13-20(23(37-6)14-21(19)34(4)11-10-33(2)3)31-25-15-24(28-16-29-25)30-17-8-9-22(36-5)18(27)12-17/h7-9,12-16H,1,10-11H2,2-6H3,(H,32,35)(H2,28,29,30,31). The maximum Gasteiger partial charge on any atom is 0.247 e. The maximum atomic E-state index is 12.2. The van der Waals surface area contributed by atoms with E-state index in [1.54, 1.807) is 20.3 Å². The lowest BCUT2D eigenvalue weighted by molar-refractivity contribution is -0.111. The van der Waals surface area contributed by atoms with E-state index >= 15 is 0 Å².